The van der Waals surface area contributed by atoms with Crippen molar-refractivity contribution >= 4 is 21.8 Å². The first-order chi connectivity index (χ1) is 24.8. The Morgan fingerprint density at radius 2 is 1.55 bits per heavy atom. The third kappa shape index (κ3) is 7.35. The summed E-state index contributed by atoms with van der Waals surface area (Å²) >= 11 is 0. The summed E-state index contributed by atoms with van der Waals surface area (Å²) in [7, 11) is 0. The first-order valence-electron chi connectivity index (χ1n) is 18.7. The minimum absolute atomic E-state index is 0.604. The van der Waals surface area contributed by atoms with Gasteiger partial charge in [0, 0.05) is 40.4 Å². The second kappa shape index (κ2) is 15.0. The van der Waals surface area contributed by atoms with Crippen LogP contribution in [0, 0.1) is 26.7 Å². The van der Waals surface area contributed by atoms with Gasteiger partial charge in [0.05, 0.1) is 22.4 Å². The lowest BCUT2D eigenvalue weighted by molar-refractivity contribution is 0.481. The van der Waals surface area contributed by atoms with E-state index < -0.39 is 0 Å². The molecule has 0 fully saturated rings. The molecule has 0 N–H and O–H groups in total. The lowest BCUT2D eigenvalue weighted by Gasteiger charge is -2.14. The molecule has 0 aliphatic heterocycles. The van der Waals surface area contributed by atoms with Gasteiger partial charge in [0.1, 0.15) is 17.3 Å². The van der Waals surface area contributed by atoms with Crippen LogP contribution in [0.5, 0.6) is 11.5 Å². The molecule has 0 aliphatic carbocycles. The van der Waals surface area contributed by atoms with Gasteiger partial charge in [0.25, 0.3) is 0 Å². The maximum absolute atomic E-state index is 6.79. The van der Waals surface area contributed by atoms with Crippen molar-refractivity contribution in [3.8, 4) is 34.1 Å². The van der Waals surface area contributed by atoms with Gasteiger partial charge in [-0.1, -0.05) is 76.4 Å². The highest BCUT2D eigenvalue weighted by Gasteiger charge is 2.18. The fraction of sp³-hybridized carbons (Fsp3) is 0.304. The number of ether oxygens (including phenoxy) is 1. The zero-order chi connectivity index (χ0) is 35.5. The Balaban J connectivity index is 1.30. The number of hydrogen-bond donors (Lipinski definition) is 0. The quantitative estimate of drug-likeness (QED) is 0.114. The molecule has 0 bridgehead atoms. The monoisotopic (exact) mass is 674 g/mol. The lowest BCUT2D eigenvalue weighted by Crippen LogP contribution is -2.02. The van der Waals surface area contributed by atoms with E-state index in [2.05, 4.69) is 148 Å². The van der Waals surface area contributed by atoms with Crippen molar-refractivity contribution in [2.45, 2.75) is 86.5 Å². The zero-order valence-corrected chi connectivity index (χ0v) is 31.0. The van der Waals surface area contributed by atoms with Crippen LogP contribution in [0.3, 0.4) is 0 Å². The van der Waals surface area contributed by atoms with E-state index in [9.17, 15) is 0 Å². The van der Waals surface area contributed by atoms with E-state index in [1.807, 2.05) is 6.20 Å². The van der Waals surface area contributed by atoms with Crippen LogP contribution in [-0.4, -0.2) is 19.3 Å². The minimum Gasteiger partial charge on any atom is -0.457 e. The first kappa shape index (κ1) is 34.3. The van der Waals surface area contributed by atoms with Crippen LogP contribution < -0.4 is 4.74 Å². The molecule has 0 radical (unpaired) electrons. The molecule has 7 aromatic rings. The van der Waals surface area contributed by atoms with Crippen molar-refractivity contribution in [2.75, 3.05) is 0 Å². The van der Waals surface area contributed by atoms with Crippen LogP contribution >= 0.6 is 0 Å². The SMILES string of the molecule is CCCCCCc1ccc2c(c1)c1ccc(Oc3cc(CCC(C)C)cc(-n4nc(C)c(-c5ccccc5)c4C)c3)cc1n2-c1cc(C)ccn1. The average Bonchev–Trinajstić information content (AvgIpc) is 3.61. The molecule has 0 saturated heterocycles. The molecule has 5 nitrogen and oxygen atoms in total. The number of benzene rings is 4. The molecule has 260 valence electrons. The number of unbranched alkanes of at least 4 members (excludes halogenated alkanes) is 3. The second-order valence-electron chi connectivity index (χ2n) is 14.6. The number of aryl methyl sites for hydroxylation is 4. The standard InChI is InChI=1S/C46H50N4O/c1-7-8-9-11-14-35-19-22-43-42(28-35)41-21-20-39(30-44(41)49(43)45-25-32(4)23-24-47-45)51-40-27-36(18-17-31(2)3)26-38(29-40)50-34(6)46(33(5)48-50)37-15-12-10-13-16-37/h10,12-13,15-16,19-31H,7-9,11,14,17-18H2,1-6H3. The van der Waals surface area contributed by atoms with E-state index in [0.29, 0.717) is 5.92 Å². The summed E-state index contributed by atoms with van der Waals surface area (Å²) in [6.07, 6.45) is 10.1. The topological polar surface area (TPSA) is 44.9 Å². The fourth-order valence-electron chi connectivity index (χ4n) is 7.39. The minimum atomic E-state index is 0.604. The zero-order valence-electron chi connectivity index (χ0n) is 31.0. The summed E-state index contributed by atoms with van der Waals surface area (Å²) in [5.74, 6) is 3.13. The van der Waals surface area contributed by atoms with Crippen molar-refractivity contribution in [3.63, 3.8) is 0 Å². The summed E-state index contributed by atoms with van der Waals surface area (Å²) in [4.78, 5) is 4.83. The number of aromatic nitrogens is 4. The third-order valence-electron chi connectivity index (χ3n) is 10.0. The van der Waals surface area contributed by atoms with Gasteiger partial charge in [0.2, 0.25) is 0 Å². The molecule has 0 saturated carbocycles. The van der Waals surface area contributed by atoms with E-state index in [-0.39, 0.29) is 0 Å². The summed E-state index contributed by atoms with van der Waals surface area (Å²) in [5, 5.41) is 7.51. The predicted octanol–water partition coefficient (Wildman–Crippen LogP) is 12.5. The van der Waals surface area contributed by atoms with Crippen molar-refractivity contribution in [1.29, 1.82) is 0 Å². The number of nitrogens with zero attached hydrogens (tertiary/aromatic N) is 4. The summed E-state index contributed by atoms with van der Waals surface area (Å²) in [6, 6.07) is 34.8. The number of rotatable bonds is 13. The first-order valence-corrected chi connectivity index (χ1v) is 18.7. The van der Waals surface area contributed by atoms with Crippen LogP contribution in [0.25, 0.3) is 44.4 Å². The molecule has 3 aromatic heterocycles. The predicted molar refractivity (Wildman–Crippen MR) is 213 cm³/mol. The fourth-order valence-corrected chi connectivity index (χ4v) is 7.39. The molecule has 7 rings (SSSR count). The lowest BCUT2D eigenvalue weighted by atomic mass is 10.0. The van der Waals surface area contributed by atoms with Crippen molar-refractivity contribution in [1.82, 2.24) is 19.3 Å². The molecule has 51 heavy (non-hydrogen) atoms. The van der Waals surface area contributed by atoms with E-state index >= 15 is 0 Å². The molecular weight excluding hydrogens is 625 g/mol. The Bertz CT molecular complexity index is 2290. The van der Waals surface area contributed by atoms with Gasteiger partial charge in [-0.2, -0.15) is 5.10 Å². The molecule has 3 heterocycles. The molecule has 0 aliphatic rings. The molecule has 0 unspecified atom stereocenters. The highest BCUT2D eigenvalue weighted by atomic mass is 16.5. The maximum atomic E-state index is 6.79. The van der Waals surface area contributed by atoms with E-state index in [4.69, 9.17) is 14.8 Å². The average molecular weight is 675 g/mol. The highest BCUT2D eigenvalue weighted by Crippen LogP contribution is 2.37. The largest absolute Gasteiger partial charge is 0.457 e. The number of pyridine rings is 1. The third-order valence-corrected chi connectivity index (χ3v) is 10.0. The van der Waals surface area contributed by atoms with Gasteiger partial charge >= 0.3 is 0 Å². The van der Waals surface area contributed by atoms with E-state index in [0.717, 1.165) is 64.7 Å². The molecule has 0 atom stereocenters. The van der Waals surface area contributed by atoms with Gasteiger partial charge < -0.3 is 4.74 Å². The van der Waals surface area contributed by atoms with Crippen LogP contribution in [0.1, 0.15) is 81.0 Å². The Hall–Kier alpha value is -5.16. The van der Waals surface area contributed by atoms with Crippen LogP contribution in [-0.2, 0) is 12.8 Å². The highest BCUT2D eigenvalue weighted by molar-refractivity contribution is 6.09. The summed E-state index contributed by atoms with van der Waals surface area (Å²) in [6.45, 7) is 13.2. The van der Waals surface area contributed by atoms with Crippen LogP contribution in [0.2, 0.25) is 0 Å². The molecule has 0 spiro atoms. The van der Waals surface area contributed by atoms with Gasteiger partial charge in [-0.05, 0) is 123 Å². The number of hydrogen-bond acceptors (Lipinski definition) is 3. The summed E-state index contributed by atoms with van der Waals surface area (Å²) in [5.41, 5.74) is 11.6. The Morgan fingerprint density at radius 1 is 0.706 bits per heavy atom. The van der Waals surface area contributed by atoms with Crippen molar-refractivity contribution < 1.29 is 4.74 Å². The van der Waals surface area contributed by atoms with Crippen LogP contribution in [0.4, 0.5) is 0 Å². The van der Waals surface area contributed by atoms with Crippen molar-refractivity contribution in [2.24, 2.45) is 5.92 Å². The van der Waals surface area contributed by atoms with Crippen molar-refractivity contribution in [3.05, 3.63) is 131 Å². The molecule has 0 amide bonds. The Labute approximate surface area is 302 Å². The molecule has 5 heteroatoms. The second-order valence-corrected chi connectivity index (χ2v) is 14.6. The normalized spacial score (nSPS) is 11.7. The smallest absolute Gasteiger partial charge is 0.137 e. The van der Waals surface area contributed by atoms with E-state index in [1.165, 1.54) is 64.3 Å². The van der Waals surface area contributed by atoms with Gasteiger partial charge in [-0.15, -0.1) is 0 Å². The Kier molecular flexibility index (Phi) is 10.1. The number of fused-ring (bicyclic) bond motifs is 3. The van der Waals surface area contributed by atoms with Gasteiger partial charge in [-0.25, -0.2) is 9.67 Å². The summed E-state index contributed by atoms with van der Waals surface area (Å²) < 4.78 is 11.2. The Morgan fingerprint density at radius 3 is 2.33 bits per heavy atom. The maximum Gasteiger partial charge on any atom is 0.137 e. The molecule has 4 aromatic carbocycles. The van der Waals surface area contributed by atoms with E-state index in [1.54, 1.807) is 0 Å². The molecular formula is C46H50N4O. The van der Waals surface area contributed by atoms with Crippen LogP contribution in [0.15, 0.2) is 103 Å². The van der Waals surface area contributed by atoms with Gasteiger partial charge in [-0.3, -0.25) is 4.57 Å². The van der Waals surface area contributed by atoms with Gasteiger partial charge in [0.15, 0.2) is 0 Å².